The molecule has 6 aliphatic rings. The minimum Gasteiger partial charge on any atom is -0.481 e. The monoisotopic (exact) mass is 741 g/mol. The highest BCUT2D eigenvalue weighted by Gasteiger charge is 2.70. The number of carbonyl (C=O) groups excluding carboxylic acids is 3. The summed E-state index contributed by atoms with van der Waals surface area (Å²) in [5.74, 6) is -0.328. The predicted octanol–water partition coefficient (Wildman–Crippen LogP) is 9.89. The van der Waals surface area contributed by atoms with Crippen LogP contribution in [0.25, 0.3) is 0 Å². The number of hydrogen-bond donors (Lipinski definition) is 2. The van der Waals surface area contributed by atoms with Gasteiger partial charge in [-0.3, -0.25) is 19.2 Å². The zero-order chi connectivity index (χ0) is 39.4. The molecule has 0 aliphatic heterocycles. The van der Waals surface area contributed by atoms with E-state index in [-0.39, 0.29) is 69.2 Å². The molecule has 5 fully saturated rings. The van der Waals surface area contributed by atoms with Gasteiger partial charge in [0, 0.05) is 23.7 Å². The van der Waals surface area contributed by atoms with E-state index in [1.165, 1.54) is 5.57 Å². The summed E-state index contributed by atoms with van der Waals surface area (Å²) in [7, 11) is 0. The molecule has 54 heavy (non-hydrogen) atoms. The highest BCUT2D eigenvalue weighted by atomic mass is 16.5. The number of esters is 1. The average Bonchev–Trinajstić information content (AvgIpc) is 3.37. The van der Waals surface area contributed by atoms with Crippen LogP contribution in [-0.2, 0) is 23.9 Å². The first-order chi connectivity index (χ1) is 25.1. The van der Waals surface area contributed by atoms with Gasteiger partial charge < -0.3 is 15.2 Å². The summed E-state index contributed by atoms with van der Waals surface area (Å²) in [6.07, 6.45) is 9.05. The van der Waals surface area contributed by atoms with Crippen LogP contribution in [0, 0.1) is 68.0 Å². The number of carbonyl (C=O) groups is 4. The van der Waals surface area contributed by atoms with Crippen molar-refractivity contribution in [2.24, 2.45) is 68.0 Å². The standard InChI is InChI=1S/C47H67NO6/c1-27(2)38-33(49)25-47(26-37(50)48-28(3)29-14-12-11-13-15-29)23-22-45(9)30(39(38)47)16-17-35-44(8)20-19-36(43(6,7)34(44)18-21-46(35,45)10)54-41(53)32-24-31(40(51)52)42(32,4)5/h11-15,27-28,30-32,34-36H,16-26H2,1-10H3,(H,48,50)(H,51,52)/t28-,30-,31+,32-,34+,35-,36+,44+,45-,46-,47+/m1/s1. The molecule has 2 N–H and O–H groups in total. The van der Waals surface area contributed by atoms with Gasteiger partial charge in [-0.2, -0.15) is 0 Å². The Bertz CT molecular complexity index is 1740. The Morgan fingerprint density at radius 2 is 1.50 bits per heavy atom. The molecule has 0 saturated heterocycles. The van der Waals surface area contributed by atoms with Crippen LogP contribution in [-0.4, -0.2) is 34.8 Å². The highest BCUT2D eigenvalue weighted by molar-refractivity contribution is 6.01. The molecule has 6 aliphatic carbocycles. The van der Waals surface area contributed by atoms with Crippen LogP contribution < -0.4 is 5.32 Å². The summed E-state index contributed by atoms with van der Waals surface area (Å²) in [4.78, 5) is 53.4. The number of hydrogen-bond acceptors (Lipinski definition) is 5. The third-order valence-electron chi connectivity index (χ3n) is 17.8. The lowest BCUT2D eigenvalue weighted by atomic mass is 9.33. The molecular formula is C47H67NO6. The summed E-state index contributed by atoms with van der Waals surface area (Å²) in [5, 5.41) is 13.0. The Balaban J connectivity index is 1.13. The molecule has 0 heterocycles. The van der Waals surface area contributed by atoms with E-state index in [1.54, 1.807) is 0 Å². The molecule has 0 aromatic heterocycles. The van der Waals surface area contributed by atoms with Crippen molar-refractivity contribution in [3.8, 4) is 0 Å². The third-order valence-corrected chi connectivity index (χ3v) is 17.8. The number of rotatable bonds is 8. The van der Waals surface area contributed by atoms with Gasteiger partial charge in [-0.1, -0.05) is 98.2 Å². The minimum atomic E-state index is -0.828. The van der Waals surface area contributed by atoms with Crippen molar-refractivity contribution in [1.82, 2.24) is 5.32 Å². The highest BCUT2D eigenvalue weighted by Crippen LogP contribution is 2.77. The van der Waals surface area contributed by atoms with Crippen LogP contribution in [0.2, 0.25) is 0 Å². The number of ketones is 1. The van der Waals surface area contributed by atoms with E-state index in [2.05, 4.69) is 65.9 Å². The van der Waals surface area contributed by atoms with E-state index >= 15 is 0 Å². The van der Waals surface area contributed by atoms with E-state index in [1.807, 2.05) is 39.0 Å². The van der Waals surface area contributed by atoms with Crippen LogP contribution in [0.15, 0.2) is 41.5 Å². The number of Topliss-reactive ketones (excluding diaryl/α,β-unsaturated/α-hetero) is 1. The quantitative estimate of drug-likeness (QED) is 0.257. The van der Waals surface area contributed by atoms with E-state index < -0.39 is 22.7 Å². The summed E-state index contributed by atoms with van der Waals surface area (Å²) in [6, 6.07) is 10.0. The van der Waals surface area contributed by atoms with Gasteiger partial charge in [-0.15, -0.1) is 0 Å². The number of carboxylic acid groups (broad SMARTS) is 1. The maximum absolute atomic E-state index is 14.1. The summed E-state index contributed by atoms with van der Waals surface area (Å²) < 4.78 is 6.42. The fraction of sp³-hybridized carbons (Fsp3) is 0.745. The van der Waals surface area contributed by atoms with Gasteiger partial charge in [0.1, 0.15) is 6.10 Å². The molecule has 1 aromatic rings. The lowest BCUT2D eigenvalue weighted by Gasteiger charge is -2.72. The van der Waals surface area contributed by atoms with Crippen LogP contribution in [0.5, 0.6) is 0 Å². The van der Waals surface area contributed by atoms with Crippen LogP contribution in [0.3, 0.4) is 0 Å². The molecule has 7 heteroatoms. The fourth-order valence-electron chi connectivity index (χ4n) is 14.5. The molecule has 11 atom stereocenters. The second kappa shape index (κ2) is 13.0. The van der Waals surface area contributed by atoms with Gasteiger partial charge in [0.2, 0.25) is 5.91 Å². The molecule has 0 unspecified atom stereocenters. The Morgan fingerprint density at radius 3 is 2.13 bits per heavy atom. The topological polar surface area (TPSA) is 110 Å². The first kappa shape index (κ1) is 39.3. The normalized spacial score (nSPS) is 41.1. The molecule has 0 radical (unpaired) electrons. The van der Waals surface area contributed by atoms with Gasteiger partial charge in [0.15, 0.2) is 5.78 Å². The van der Waals surface area contributed by atoms with Crippen molar-refractivity contribution in [3.63, 3.8) is 0 Å². The van der Waals surface area contributed by atoms with Crippen molar-refractivity contribution in [2.75, 3.05) is 0 Å². The third kappa shape index (κ3) is 5.61. The van der Waals surface area contributed by atoms with Crippen LogP contribution in [0.1, 0.15) is 151 Å². The lowest BCUT2D eigenvalue weighted by molar-refractivity contribution is -0.236. The smallest absolute Gasteiger partial charge is 0.309 e. The van der Waals surface area contributed by atoms with E-state index in [9.17, 15) is 24.3 Å². The maximum atomic E-state index is 14.1. The van der Waals surface area contributed by atoms with E-state index in [0.717, 1.165) is 62.5 Å². The predicted molar refractivity (Wildman–Crippen MR) is 210 cm³/mol. The molecular weight excluding hydrogens is 675 g/mol. The number of amides is 1. The number of benzene rings is 1. The van der Waals surface area contributed by atoms with Crippen LogP contribution >= 0.6 is 0 Å². The fourth-order valence-corrected chi connectivity index (χ4v) is 14.5. The first-order valence-corrected chi connectivity index (χ1v) is 21.2. The second-order valence-corrected chi connectivity index (χ2v) is 21.1. The number of nitrogens with one attached hydrogen (secondary N) is 1. The Hall–Kier alpha value is -2.96. The van der Waals surface area contributed by atoms with Crippen molar-refractivity contribution in [3.05, 3.63) is 47.0 Å². The van der Waals surface area contributed by atoms with Crippen molar-refractivity contribution in [1.29, 1.82) is 0 Å². The summed E-state index contributed by atoms with van der Waals surface area (Å²) in [5.41, 5.74) is 2.38. The number of allylic oxidation sites excluding steroid dienone is 2. The number of aliphatic carboxylic acids is 1. The lowest BCUT2D eigenvalue weighted by Crippen LogP contribution is -2.66. The average molecular weight is 742 g/mol. The molecule has 0 spiro atoms. The van der Waals surface area contributed by atoms with E-state index in [0.29, 0.717) is 31.1 Å². The second-order valence-electron chi connectivity index (χ2n) is 21.1. The Morgan fingerprint density at radius 1 is 0.815 bits per heavy atom. The SMILES string of the molecule is CC(C)C1=C2[C@H]3CC[C@@H]4[C@@]5(C)CC[C@H](OC(=O)[C@H]6C[C@@H](C(=O)O)C6(C)C)C(C)(C)[C@@H]5CC[C@@]4(C)[C@]3(C)CC[C@@]2(CC(=O)N[C@H](C)c2ccccc2)CC1=O. The van der Waals surface area contributed by atoms with Crippen molar-refractivity contribution < 1.29 is 29.0 Å². The molecule has 1 aromatic carbocycles. The van der Waals surface area contributed by atoms with Crippen LogP contribution in [0.4, 0.5) is 0 Å². The van der Waals surface area contributed by atoms with Gasteiger partial charge in [0.05, 0.1) is 17.9 Å². The summed E-state index contributed by atoms with van der Waals surface area (Å²) >= 11 is 0. The van der Waals surface area contributed by atoms with Gasteiger partial charge in [-0.25, -0.2) is 0 Å². The zero-order valence-electron chi connectivity index (χ0n) is 34.8. The summed E-state index contributed by atoms with van der Waals surface area (Å²) in [6.45, 7) is 22.5. The largest absolute Gasteiger partial charge is 0.481 e. The number of carboxylic acids is 1. The molecule has 7 rings (SSSR count). The molecule has 1 amide bonds. The van der Waals surface area contributed by atoms with Gasteiger partial charge in [0.25, 0.3) is 0 Å². The number of ether oxygens (including phenoxy) is 1. The minimum absolute atomic E-state index is 0.00520. The number of fused-ring (bicyclic) bond motifs is 7. The molecule has 0 bridgehead atoms. The van der Waals surface area contributed by atoms with Gasteiger partial charge >= 0.3 is 11.9 Å². The first-order valence-electron chi connectivity index (χ1n) is 21.2. The molecule has 5 saturated carbocycles. The Kier molecular flexibility index (Phi) is 9.49. The molecule has 296 valence electrons. The zero-order valence-corrected chi connectivity index (χ0v) is 34.8. The maximum Gasteiger partial charge on any atom is 0.309 e. The van der Waals surface area contributed by atoms with Crippen molar-refractivity contribution >= 4 is 23.6 Å². The Labute approximate surface area is 324 Å². The van der Waals surface area contributed by atoms with Gasteiger partial charge in [-0.05, 0) is 121 Å². The van der Waals surface area contributed by atoms with E-state index in [4.69, 9.17) is 4.74 Å². The van der Waals surface area contributed by atoms with Crippen molar-refractivity contribution in [2.45, 2.75) is 152 Å². The molecule has 7 nitrogen and oxygen atoms in total.